The van der Waals surface area contributed by atoms with E-state index in [4.69, 9.17) is 24.2 Å². The Labute approximate surface area is 328 Å². The topological polar surface area (TPSA) is 122 Å². The van der Waals surface area contributed by atoms with Gasteiger partial charge in [-0.25, -0.2) is 14.8 Å². The molecule has 0 aliphatic carbocycles. The summed E-state index contributed by atoms with van der Waals surface area (Å²) in [5.74, 6) is 1.18. The van der Waals surface area contributed by atoms with Gasteiger partial charge in [-0.15, -0.1) is 0 Å². The van der Waals surface area contributed by atoms with Gasteiger partial charge in [-0.1, -0.05) is 48.5 Å². The van der Waals surface area contributed by atoms with Gasteiger partial charge in [0.1, 0.15) is 17.2 Å². The van der Waals surface area contributed by atoms with Gasteiger partial charge in [0.2, 0.25) is 0 Å². The van der Waals surface area contributed by atoms with Crippen molar-refractivity contribution in [2.24, 2.45) is 0 Å². The zero-order valence-electron chi connectivity index (χ0n) is 31.3. The number of rotatable bonds is 8. The molecule has 8 bridgehead atoms. The maximum Gasteiger partial charge on any atom is 0.335 e. The van der Waals surface area contributed by atoms with Crippen LogP contribution in [0, 0.1) is 0 Å². The first-order valence-corrected chi connectivity index (χ1v) is 18.3. The predicted molar refractivity (Wildman–Crippen MR) is 227 cm³/mol. The van der Waals surface area contributed by atoms with Gasteiger partial charge in [0.05, 0.1) is 49.7 Å². The Morgan fingerprint density at radius 2 is 0.789 bits per heavy atom. The second kappa shape index (κ2) is 14.5. The Hall–Kier alpha value is -7.65. The third-order valence-corrected chi connectivity index (χ3v) is 10.2. The Kier molecular flexibility index (Phi) is 8.95. The summed E-state index contributed by atoms with van der Waals surface area (Å²) in [6.45, 7) is 0. The number of H-pyrrole nitrogens is 2. The monoisotopic (exact) mass is 748 g/mol. The number of nitrogens with one attached hydrogen (secondary N) is 2. The zero-order valence-corrected chi connectivity index (χ0v) is 31.3. The average molecular weight is 749 g/mol. The molecule has 0 saturated carbocycles. The van der Waals surface area contributed by atoms with Gasteiger partial charge in [0.25, 0.3) is 0 Å². The van der Waals surface area contributed by atoms with Gasteiger partial charge >= 0.3 is 5.97 Å². The highest BCUT2D eigenvalue weighted by atomic mass is 16.5. The van der Waals surface area contributed by atoms with E-state index < -0.39 is 5.97 Å². The van der Waals surface area contributed by atoms with Gasteiger partial charge in [0.15, 0.2) is 0 Å². The molecule has 0 saturated heterocycles. The molecule has 3 aromatic heterocycles. The zero-order chi connectivity index (χ0) is 39.0. The standard InChI is InChI=1S/C48H36N4O5/c1-55-33-10-4-7-30(25-33)45-38-19-17-36(49-38)44(28-13-15-29(16-14-28)48(53)54)37-18-20-39(50-37)46(31-8-5-11-34(26-31)56-2)41-22-24-43(52-41)47(42-23-21-40(45)51-42)32-9-6-12-35(27-32)57-3/h4-27,49,52H,1-3H3,(H,53,54). The highest BCUT2D eigenvalue weighted by Crippen LogP contribution is 2.39. The van der Waals surface area contributed by atoms with Gasteiger partial charge in [-0.2, -0.15) is 0 Å². The van der Waals surface area contributed by atoms with Crippen LogP contribution in [0.3, 0.4) is 0 Å². The Balaban J connectivity index is 1.46. The molecule has 0 unspecified atom stereocenters. The molecule has 9 heteroatoms. The van der Waals surface area contributed by atoms with Crippen molar-refractivity contribution < 1.29 is 24.1 Å². The fourth-order valence-corrected chi connectivity index (χ4v) is 7.54. The van der Waals surface area contributed by atoms with Crippen molar-refractivity contribution in [3.63, 3.8) is 0 Å². The second-order valence-corrected chi connectivity index (χ2v) is 13.6. The number of aromatic nitrogens is 4. The van der Waals surface area contributed by atoms with Crippen LogP contribution in [0.1, 0.15) is 33.1 Å². The fraction of sp³-hybridized carbons (Fsp3) is 0.0625. The summed E-state index contributed by atoms with van der Waals surface area (Å²) in [5, 5.41) is 9.71. The van der Waals surface area contributed by atoms with Crippen molar-refractivity contribution in [2.45, 2.75) is 0 Å². The lowest BCUT2D eigenvalue weighted by atomic mass is 10.0. The highest BCUT2D eigenvalue weighted by molar-refractivity contribution is 6.00. The van der Waals surface area contributed by atoms with Crippen LogP contribution in [0.25, 0.3) is 90.9 Å². The number of benzene rings is 4. The third kappa shape index (κ3) is 6.51. The lowest BCUT2D eigenvalue weighted by Crippen LogP contribution is -1.95. The second-order valence-electron chi connectivity index (χ2n) is 13.6. The molecule has 9 rings (SSSR count). The van der Waals surface area contributed by atoms with Crippen LogP contribution < -0.4 is 14.2 Å². The summed E-state index contributed by atoms with van der Waals surface area (Å²) in [6.07, 6.45) is 8.11. The first-order chi connectivity index (χ1) is 27.9. The van der Waals surface area contributed by atoms with Gasteiger partial charge in [0, 0.05) is 44.3 Å². The number of methoxy groups -OCH3 is 3. The van der Waals surface area contributed by atoms with Gasteiger partial charge in [-0.3, -0.25) is 0 Å². The minimum absolute atomic E-state index is 0.198. The molecule has 0 fully saturated rings. The molecule has 0 spiro atoms. The SMILES string of the molecule is COc1cccc(-c2c3nc(c(-c4cccc(OC)c4)c4ccc([nH]4)c(-c4cccc(OC)c4)c4nc(c(-c5ccc(C(=O)O)cc5)c5ccc2[nH]5)C=C4)C=C3)c1. The molecule has 4 aromatic carbocycles. The molecular formula is C48H36N4O5. The molecule has 5 heterocycles. The number of carbonyl (C=O) groups is 1. The molecule has 0 radical (unpaired) electrons. The minimum Gasteiger partial charge on any atom is -0.497 e. The van der Waals surface area contributed by atoms with Crippen molar-refractivity contribution in [1.82, 2.24) is 19.9 Å². The summed E-state index contributed by atoms with van der Waals surface area (Å²) in [7, 11) is 4.98. The Bertz CT molecular complexity index is 2910. The number of aromatic amines is 2. The Morgan fingerprint density at radius 1 is 0.456 bits per heavy atom. The lowest BCUT2D eigenvalue weighted by molar-refractivity contribution is 0.0697. The maximum atomic E-state index is 11.9. The number of carboxylic acid groups (broad SMARTS) is 1. The quantitative estimate of drug-likeness (QED) is 0.141. The van der Waals surface area contributed by atoms with Gasteiger partial charge in [-0.05, 0) is 119 Å². The van der Waals surface area contributed by atoms with Crippen molar-refractivity contribution in [3.05, 3.63) is 150 Å². The van der Waals surface area contributed by atoms with Crippen LogP contribution in [-0.4, -0.2) is 52.3 Å². The van der Waals surface area contributed by atoms with E-state index >= 15 is 0 Å². The molecule has 0 amide bonds. The molecule has 9 nitrogen and oxygen atoms in total. The minimum atomic E-state index is -0.992. The molecule has 3 N–H and O–H groups in total. The number of ether oxygens (including phenoxy) is 3. The van der Waals surface area contributed by atoms with Crippen molar-refractivity contribution in [3.8, 4) is 61.8 Å². The summed E-state index contributed by atoms with van der Waals surface area (Å²) in [4.78, 5) is 30.0. The summed E-state index contributed by atoms with van der Waals surface area (Å²) < 4.78 is 17.0. The first kappa shape index (κ1) is 35.1. The van der Waals surface area contributed by atoms with E-state index in [-0.39, 0.29) is 5.56 Å². The molecule has 0 atom stereocenters. The van der Waals surface area contributed by atoms with Crippen LogP contribution in [-0.2, 0) is 0 Å². The molecule has 278 valence electrons. The van der Waals surface area contributed by atoms with E-state index in [9.17, 15) is 9.90 Å². The van der Waals surface area contributed by atoms with Crippen LogP contribution >= 0.6 is 0 Å². The van der Waals surface area contributed by atoms with E-state index in [1.807, 2.05) is 115 Å². The van der Waals surface area contributed by atoms with E-state index in [1.54, 1.807) is 33.5 Å². The molecular weight excluding hydrogens is 713 g/mol. The number of carboxylic acids is 1. The number of nitrogens with zero attached hydrogens (tertiary/aromatic N) is 2. The van der Waals surface area contributed by atoms with Gasteiger partial charge < -0.3 is 29.3 Å². The molecule has 2 aliphatic heterocycles. The van der Waals surface area contributed by atoms with E-state index in [2.05, 4.69) is 28.2 Å². The summed E-state index contributed by atoms with van der Waals surface area (Å²) in [5.41, 5.74) is 13.5. The van der Waals surface area contributed by atoms with E-state index in [0.717, 1.165) is 101 Å². The van der Waals surface area contributed by atoms with Crippen LogP contribution in [0.2, 0.25) is 0 Å². The normalized spacial score (nSPS) is 11.8. The van der Waals surface area contributed by atoms with E-state index in [1.165, 1.54) is 0 Å². The maximum absolute atomic E-state index is 11.9. The molecule has 7 aromatic rings. The average Bonchev–Trinajstić information content (AvgIpc) is 4.09. The van der Waals surface area contributed by atoms with E-state index in [0.29, 0.717) is 5.69 Å². The largest absolute Gasteiger partial charge is 0.497 e. The Morgan fingerprint density at radius 3 is 1.11 bits per heavy atom. The molecule has 2 aliphatic rings. The highest BCUT2D eigenvalue weighted by Gasteiger charge is 2.20. The smallest absolute Gasteiger partial charge is 0.335 e. The van der Waals surface area contributed by atoms with Crippen LogP contribution in [0.15, 0.2) is 121 Å². The van der Waals surface area contributed by atoms with Crippen molar-refractivity contribution in [2.75, 3.05) is 21.3 Å². The number of aromatic carboxylic acids is 1. The number of hydrogen-bond acceptors (Lipinski definition) is 6. The van der Waals surface area contributed by atoms with Crippen LogP contribution in [0.4, 0.5) is 0 Å². The lowest BCUT2D eigenvalue weighted by Gasteiger charge is -2.09. The summed E-state index contributed by atoms with van der Waals surface area (Å²) >= 11 is 0. The number of hydrogen-bond donors (Lipinski definition) is 3. The van der Waals surface area contributed by atoms with Crippen molar-refractivity contribution >= 4 is 52.3 Å². The van der Waals surface area contributed by atoms with Crippen LogP contribution in [0.5, 0.6) is 17.2 Å². The number of fused-ring (bicyclic) bond motifs is 8. The molecule has 57 heavy (non-hydrogen) atoms. The summed E-state index contributed by atoms with van der Waals surface area (Å²) in [6, 6.07) is 39.0. The third-order valence-electron chi connectivity index (χ3n) is 10.2. The first-order valence-electron chi connectivity index (χ1n) is 18.3. The van der Waals surface area contributed by atoms with Crippen molar-refractivity contribution in [1.29, 1.82) is 0 Å². The fourth-order valence-electron chi connectivity index (χ4n) is 7.54. The predicted octanol–water partition coefficient (Wildman–Crippen LogP) is 11.0.